The van der Waals surface area contributed by atoms with Crippen molar-refractivity contribution in [1.29, 1.82) is 0 Å². The number of nitrogens with zero attached hydrogens (tertiary/aromatic N) is 1. The molecule has 1 saturated heterocycles. The number of hydrogen-bond acceptors (Lipinski definition) is 2. The number of amides is 1. The molecule has 0 spiro atoms. The van der Waals surface area contributed by atoms with Gasteiger partial charge < -0.3 is 10.2 Å². The topological polar surface area (TPSA) is 32.3 Å². The van der Waals surface area contributed by atoms with Gasteiger partial charge in [-0.15, -0.1) is 0 Å². The molecular formula is C14H28N2O. The summed E-state index contributed by atoms with van der Waals surface area (Å²) < 4.78 is 0. The molecule has 0 aliphatic carbocycles. The first-order valence-electron chi connectivity index (χ1n) is 7.33. The molecule has 1 rings (SSSR count). The zero-order valence-electron chi connectivity index (χ0n) is 11.3. The Labute approximate surface area is 106 Å². The molecule has 1 fully saturated rings. The third-order valence-electron chi connectivity index (χ3n) is 3.43. The average Bonchev–Trinajstić information content (AvgIpc) is 2.62. The first-order valence-corrected chi connectivity index (χ1v) is 7.33. The SMILES string of the molecule is CCCCCNCCC(=O)N1CCCCCC1. The molecule has 0 atom stereocenters. The minimum Gasteiger partial charge on any atom is -0.343 e. The van der Waals surface area contributed by atoms with Crippen LogP contribution in [0.1, 0.15) is 58.3 Å². The molecule has 0 saturated carbocycles. The van der Waals surface area contributed by atoms with E-state index in [-0.39, 0.29) is 0 Å². The molecule has 3 nitrogen and oxygen atoms in total. The van der Waals surface area contributed by atoms with Crippen LogP contribution in [-0.2, 0) is 4.79 Å². The molecule has 0 aromatic carbocycles. The van der Waals surface area contributed by atoms with Crippen LogP contribution in [-0.4, -0.2) is 37.0 Å². The quantitative estimate of drug-likeness (QED) is 0.694. The summed E-state index contributed by atoms with van der Waals surface area (Å²) in [5.74, 6) is 0.342. The molecule has 1 N–H and O–H groups in total. The van der Waals surface area contributed by atoms with E-state index < -0.39 is 0 Å². The van der Waals surface area contributed by atoms with Gasteiger partial charge in [-0.3, -0.25) is 4.79 Å². The lowest BCUT2D eigenvalue weighted by atomic mass is 10.2. The summed E-state index contributed by atoms with van der Waals surface area (Å²) in [7, 11) is 0. The Morgan fingerprint density at radius 2 is 1.76 bits per heavy atom. The molecule has 0 unspecified atom stereocenters. The van der Waals surface area contributed by atoms with Crippen molar-refractivity contribution in [3.8, 4) is 0 Å². The lowest BCUT2D eigenvalue weighted by molar-refractivity contribution is -0.131. The smallest absolute Gasteiger partial charge is 0.223 e. The zero-order chi connectivity index (χ0) is 12.3. The summed E-state index contributed by atoms with van der Waals surface area (Å²) in [6.07, 6.45) is 9.41. The monoisotopic (exact) mass is 240 g/mol. The molecule has 0 aromatic rings. The van der Waals surface area contributed by atoms with Crippen LogP contribution >= 0.6 is 0 Å². The van der Waals surface area contributed by atoms with E-state index in [1.807, 2.05) is 0 Å². The number of carbonyl (C=O) groups excluding carboxylic acids is 1. The van der Waals surface area contributed by atoms with Crippen LogP contribution in [0.4, 0.5) is 0 Å². The van der Waals surface area contributed by atoms with Gasteiger partial charge in [0.15, 0.2) is 0 Å². The minimum absolute atomic E-state index is 0.342. The Bertz CT molecular complexity index is 198. The molecule has 17 heavy (non-hydrogen) atoms. The van der Waals surface area contributed by atoms with Gasteiger partial charge in [0.05, 0.1) is 0 Å². The summed E-state index contributed by atoms with van der Waals surface area (Å²) in [4.78, 5) is 14.0. The van der Waals surface area contributed by atoms with Gasteiger partial charge in [0.1, 0.15) is 0 Å². The molecule has 1 amide bonds. The number of nitrogens with one attached hydrogen (secondary N) is 1. The molecule has 3 heteroatoms. The molecule has 100 valence electrons. The van der Waals surface area contributed by atoms with Gasteiger partial charge >= 0.3 is 0 Å². The maximum Gasteiger partial charge on any atom is 0.223 e. The molecule has 0 radical (unpaired) electrons. The second-order valence-corrected chi connectivity index (χ2v) is 5.00. The van der Waals surface area contributed by atoms with E-state index in [2.05, 4.69) is 17.1 Å². The van der Waals surface area contributed by atoms with Crippen molar-refractivity contribution in [3.05, 3.63) is 0 Å². The Kier molecular flexibility index (Phi) is 8.06. The van der Waals surface area contributed by atoms with Gasteiger partial charge in [-0.25, -0.2) is 0 Å². The maximum absolute atomic E-state index is 11.9. The summed E-state index contributed by atoms with van der Waals surface area (Å²) in [5, 5.41) is 3.36. The van der Waals surface area contributed by atoms with Crippen molar-refractivity contribution in [1.82, 2.24) is 10.2 Å². The van der Waals surface area contributed by atoms with Gasteiger partial charge in [0.2, 0.25) is 5.91 Å². The number of carbonyl (C=O) groups is 1. The van der Waals surface area contributed by atoms with Crippen molar-refractivity contribution in [2.45, 2.75) is 58.3 Å². The first-order chi connectivity index (χ1) is 8.34. The minimum atomic E-state index is 0.342. The van der Waals surface area contributed by atoms with Crippen molar-refractivity contribution in [2.75, 3.05) is 26.2 Å². The second-order valence-electron chi connectivity index (χ2n) is 5.00. The molecular weight excluding hydrogens is 212 g/mol. The van der Waals surface area contributed by atoms with Crippen LogP contribution in [0.5, 0.6) is 0 Å². The predicted molar refractivity (Wildman–Crippen MR) is 72.1 cm³/mol. The zero-order valence-corrected chi connectivity index (χ0v) is 11.3. The second kappa shape index (κ2) is 9.46. The molecule has 1 aliphatic rings. The first kappa shape index (κ1) is 14.5. The van der Waals surface area contributed by atoms with Gasteiger partial charge in [-0.1, -0.05) is 32.6 Å². The van der Waals surface area contributed by atoms with Crippen molar-refractivity contribution < 1.29 is 4.79 Å². The Morgan fingerprint density at radius 3 is 2.41 bits per heavy atom. The van der Waals surface area contributed by atoms with Gasteiger partial charge in [0.25, 0.3) is 0 Å². The highest BCUT2D eigenvalue weighted by atomic mass is 16.2. The van der Waals surface area contributed by atoms with Crippen LogP contribution < -0.4 is 5.32 Å². The van der Waals surface area contributed by atoms with Crippen molar-refractivity contribution in [2.24, 2.45) is 0 Å². The standard InChI is InChI=1S/C14H28N2O/c1-2-3-6-10-15-11-9-14(17)16-12-7-4-5-8-13-16/h15H,2-13H2,1H3. The molecule has 1 heterocycles. The van der Waals surface area contributed by atoms with E-state index in [1.165, 1.54) is 44.9 Å². The van der Waals surface area contributed by atoms with Crippen LogP contribution in [0.25, 0.3) is 0 Å². The lowest BCUT2D eigenvalue weighted by Gasteiger charge is -2.20. The van der Waals surface area contributed by atoms with Crippen molar-refractivity contribution >= 4 is 5.91 Å². The highest BCUT2D eigenvalue weighted by molar-refractivity contribution is 5.76. The highest BCUT2D eigenvalue weighted by Gasteiger charge is 2.14. The third-order valence-corrected chi connectivity index (χ3v) is 3.43. The number of unbranched alkanes of at least 4 members (excludes halogenated alkanes) is 2. The molecule has 1 aliphatic heterocycles. The van der Waals surface area contributed by atoms with E-state index in [0.29, 0.717) is 12.3 Å². The maximum atomic E-state index is 11.9. The number of likely N-dealkylation sites (tertiary alicyclic amines) is 1. The average molecular weight is 240 g/mol. The van der Waals surface area contributed by atoms with Crippen molar-refractivity contribution in [3.63, 3.8) is 0 Å². The van der Waals surface area contributed by atoms with Crippen LogP contribution in [0.3, 0.4) is 0 Å². The Morgan fingerprint density at radius 1 is 1.06 bits per heavy atom. The Hall–Kier alpha value is -0.570. The third kappa shape index (κ3) is 6.67. The van der Waals surface area contributed by atoms with Gasteiger partial charge in [-0.2, -0.15) is 0 Å². The highest BCUT2D eigenvalue weighted by Crippen LogP contribution is 2.10. The van der Waals surface area contributed by atoms with E-state index in [1.54, 1.807) is 0 Å². The van der Waals surface area contributed by atoms with E-state index in [4.69, 9.17) is 0 Å². The lowest BCUT2D eigenvalue weighted by Crippen LogP contribution is -2.34. The van der Waals surface area contributed by atoms with Gasteiger partial charge in [-0.05, 0) is 25.8 Å². The van der Waals surface area contributed by atoms with Gasteiger partial charge in [0, 0.05) is 26.1 Å². The summed E-state index contributed by atoms with van der Waals surface area (Å²) >= 11 is 0. The normalized spacial score (nSPS) is 16.9. The van der Waals surface area contributed by atoms with Crippen LogP contribution in [0.2, 0.25) is 0 Å². The van der Waals surface area contributed by atoms with E-state index in [0.717, 1.165) is 26.2 Å². The molecule has 0 aromatic heterocycles. The summed E-state index contributed by atoms with van der Waals surface area (Å²) in [6.45, 7) is 6.08. The van der Waals surface area contributed by atoms with Crippen LogP contribution in [0.15, 0.2) is 0 Å². The van der Waals surface area contributed by atoms with Crippen LogP contribution in [0, 0.1) is 0 Å². The largest absolute Gasteiger partial charge is 0.343 e. The molecule has 0 bridgehead atoms. The van der Waals surface area contributed by atoms with E-state index >= 15 is 0 Å². The fraction of sp³-hybridized carbons (Fsp3) is 0.929. The fourth-order valence-electron chi connectivity index (χ4n) is 2.30. The summed E-state index contributed by atoms with van der Waals surface area (Å²) in [6, 6.07) is 0. The fourth-order valence-corrected chi connectivity index (χ4v) is 2.30. The predicted octanol–water partition coefficient (Wildman–Crippen LogP) is 2.56. The summed E-state index contributed by atoms with van der Waals surface area (Å²) in [5.41, 5.74) is 0. The van der Waals surface area contributed by atoms with E-state index in [9.17, 15) is 4.79 Å². The Balaban J connectivity index is 2.03. The number of rotatable bonds is 7. The number of hydrogen-bond donors (Lipinski definition) is 1.